The fraction of sp³-hybridized carbons (Fsp3) is 0.222. The number of aromatic nitrogens is 8. The van der Waals surface area contributed by atoms with E-state index in [-0.39, 0.29) is 75.1 Å². The van der Waals surface area contributed by atoms with Crippen LogP contribution in [-0.4, -0.2) is 36.5 Å². The van der Waals surface area contributed by atoms with E-state index in [2.05, 4.69) is 0 Å². The molecule has 0 atom stereocenters. The Kier molecular flexibility index (Phi) is 6.32. The Morgan fingerprint density at radius 2 is 0.375 bits per heavy atom. The molecule has 0 spiro atoms. The van der Waals surface area contributed by atoms with Crippen molar-refractivity contribution in [2.45, 2.75) is 52.4 Å². The molecule has 240 valence electrons. The van der Waals surface area contributed by atoms with E-state index in [0.29, 0.717) is 0 Å². The fourth-order valence-electron chi connectivity index (χ4n) is 7.62. The Hall–Kier alpha value is -6.04. The van der Waals surface area contributed by atoms with Gasteiger partial charge in [-0.25, -0.2) is 19.2 Å². The van der Waals surface area contributed by atoms with Gasteiger partial charge in [-0.2, -0.15) is 0 Å². The van der Waals surface area contributed by atoms with E-state index in [1.54, 1.807) is 36.5 Å². The van der Waals surface area contributed by atoms with E-state index < -0.39 is 0 Å². The molecule has 12 nitrogen and oxygen atoms in total. The molecule has 1 aliphatic heterocycles. The van der Waals surface area contributed by atoms with Gasteiger partial charge in [-0.05, 0) is 48.5 Å². The number of hydrogen-bond acceptors (Lipinski definition) is 4. The second kappa shape index (κ2) is 10.8. The third-order valence-corrected chi connectivity index (χ3v) is 9.89. The van der Waals surface area contributed by atoms with Gasteiger partial charge in [0.05, 0.1) is 44.1 Å². The van der Waals surface area contributed by atoms with Crippen LogP contribution in [-0.2, 0) is 52.4 Å². The summed E-state index contributed by atoms with van der Waals surface area (Å²) in [6, 6.07) is 30.5. The molecule has 1 aliphatic rings. The van der Waals surface area contributed by atoms with Crippen molar-refractivity contribution in [1.29, 1.82) is 0 Å². The van der Waals surface area contributed by atoms with Crippen LogP contribution in [0.2, 0.25) is 0 Å². The summed E-state index contributed by atoms with van der Waals surface area (Å²) in [7, 11) is 0. The Bertz CT molecular complexity index is 2230. The van der Waals surface area contributed by atoms with E-state index in [1.807, 2.05) is 97.1 Å². The lowest BCUT2D eigenvalue weighted by molar-refractivity contribution is 0.498. The first kappa shape index (κ1) is 28.2. The maximum atomic E-state index is 14.0. The normalized spacial score (nSPS) is 14.3. The van der Waals surface area contributed by atoms with Crippen LogP contribution in [0.15, 0.2) is 116 Å². The predicted molar refractivity (Wildman–Crippen MR) is 185 cm³/mol. The summed E-state index contributed by atoms with van der Waals surface area (Å²) in [5.74, 6) is 0. The number of para-hydroxylation sites is 8. The predicted octanol–water partition coefficient (Wildman–Crippen LogP) is 3.27. The Balaban J connectivity index is 1.24. The molecule has 5 heterocycles. The topological polar surface area (TPSA) is 108 Å². The summed E-state index contributed by atoms with van der Waals surface area (Å²) in [5.41, 5.74) is 5.44. The summed E-state index contributed by atoms with van der Waals surface area (Å²) in [4.78, 5) is 56.0. The van der Waals surface area contributed by atoms with Crippen LogP contribution in [0, 0.1) is 0 Å². The van der Waals surface area contributed by atoms with Crippen molar-refractivity contribution in [2.75, 3.05) is 0 Å². The zero-order valence-electron chi connectivity index (χ0n) is 26.1. The Labute approximate surface area is 271 Å². The van der Waals surface area contributed by atoms with Crippen LogP contribution in [0.1, 0.15) is 0 Å². The van der Waals surface area contributed by atoms with Gasteiger partial charge in [0.2, 0.25) is 0 Å². The highest BCUT2D eigenvalue weighted by Crippen LogP contribution is 2.19. The number of hydrogen-bond donors (Lipinski definition) is 0. The molecule has 4 aromatic heterocycles. The number of rotatable bonds is 0. The van der Waals surface area contributed by atoms with Crippen LogP contribution < -0.4 is 22.8 Å². The minimum atomic E-state index is -0.187. The lowest BCUT2D eigenvalue weighted by Gasteiger charge is -2.07. The van der Waals surface area contributed by atoms with Crippen molar-refractivity contribution in [3.05, 3.63) is 139 Å². The smallest absolute Gasteiger partial charge is 0.290 e. The van der Waals surface area contributed by atoms with Crippen LogP contribution in [0.4, 0.5) is 0 Å². The first-order chi connectivity index (χ1) is 23.5. The zero-order valence-corrected chi connectivity index (χ0v) is 26.1. The molecule has 0 fully saturated rings. The maximum Gasteiger partial charge on any atom is 0.329 e. The molecule has 0 saturated heterocycles. The van der Waals surface area contributed by atoms with Crippen molar-refractivity contribution >= 4 is 44.1 Å². The summed E-state index contributed by atoms with van der Waals surface area (Å²) >= 11 is 0. The molecule has 8 aromatic rings. The average Bonchev–Trinajstić information content (AvgIpc) is 3.74. The molecular formula is C36H32N8O4. The van der Waals surface area contributed by atoms with Gasteiger partial charge >= 0.3 is 22.8 Å². The highest BCUT2D eigenvalue weighted by Gasteiger charge is 2.20. The summed E-state index contributed by atoms with van der Waals surface area (Å²) < 4.78 is 13.7. The van der Waals surface area contributed by atoms with E-state index in [1.165, 1.54) is 0 Å². The lowest BCUT2D eigenvalue weighted by atomic mass is 10.3. The first-order valence-corrected chi connectivity index (χ1v) is 16.2. The third-order valence-electron chi connectivity index (χ3n) is 9.89. The second-order valence-corrected chi connectivity index (χ2v) is 12.3. The van der Waals surface area contributed by atoms with Gasteiger partial charge < -0.3 is 0 Å². The maximum absolute atomic E-state index is 14.0. The van der Waals surface area contributed by atoms with Crippen LogP contribution in [0.5, 0.6) is 0 Å². The first-order valence-electron chi connectivity index (χ1n) is 16.2. The monoisotopic (exact) mass is 640 g/mol. The van der Waals surface area contributed by atoms with Crippen molar-refractivity contribution in [1.82, 2.24) is 36.5 Å². The molecular weight excluding hydrogens is 608 g/mol. The molecule has 12 heteroatoms. The van der Waals surface area contributed by atoms with E-state index >= 15 is 0 Å². The molecule has 9 rings (SSSR count). The van der Waals surface area contributed by atoms with Crippen LogP contribution in [0.3, 0.4) is 0 Å². The average molecular weight is 641 g/mol. The Morgan fingerprint density at radius 3 is 0.500 bits per heavy atom. The quantitative estimate of drug-likeness (QED) is 0.254. The molecule has 0 aliphatic carbocycles. The number of benzene rings is 4. The minimum absolute atomic E-state index is 0.187. The number of aryl methyl sites for hydroxylation is 8. The fourth-order valence-corrected chi connectivity index (χ4v) is 7.62. The van der Waals surface area contributed by atoms with Crippen LogP contribution in [0.25, 0.3) is 44.1 Å². The van der Waals surface area contributed by atoms with Gasteiger partial charge in [0.1, 0.15) is 0 Å². The van der Waals surface area contributed by atoms with Crippen molar-refractivity contribution in [3.63, 3.8) is 0 Å². The molecule has 8 bridgehead atoms. The molecule has 0 unspecified atom stereocenters. The van der Waals surface area contributed by atoms with Gasteiger partial charge in [-0.15, -0.1) is 0 Å². The zero-order chi connectivity index (χ0) is 32.5. The highest BCUT2D eigenvalue weighted by molar-refractivity contribution is 5.78. The molecule has 0 amide bonds. The third kappa shape index (κ3) is 4.08. The highest BCUT2D eigenvalue weighted by atomic mass is 16.2. The molecule has 0 saturated carbocycles. The summed E-state index contributed by atoms with van der Waals surface area (Å²) in [5, 5.41) is 0. The van der Waals surface area contributed by atoms with Gasteiger partial charge in [0.25, 0.3) is 0 Å². The summed E-state index contributed by atoms with van der Waals surface area (Å²) in [6.07, 6.45) is 0. The molecule has 48 heavy (non-hydrogen) atoms. The van der Waals surface area contributed by atoms with Crippen molar-refractivity contribution < 1.29 is 0 Å². The SMILES string of the molecule is O=c1n2c3ccccc3n1CCn1c(=O)n(c3ccccc31)CCn1c(=O)n(c3ccccc31)CCn1c(=O)n(c3ccccc31)CC2. The lowest BCUT2D eigenvalue weighted by Crippen LogP contribution is -2.33. The van der Waals surface area contributed by atoms with E-state index in [0.717, 1.165) is 44.1 Å². The molecule has 0 radical (unpaired) electrons. The van der Waals surface area contributed by atoms with Gasteiger partial charge in [0, 0.05) is 52.4 Å². The van der Waals surface area contributed by atoms with Gasteiger partial charge in [-0.3, -0.25) is 36.5 Å². The van der Waals surface area contributed by atoms with Crippen molar-refractivity contribution in [2.24, 2.45) is 0 Å². The second-order valence-electron chi connectivity index (χ2n) is 12.3. The van der Waals surface area contributed by atoms with Crippen LogP contribution >= 0.6 is 0 Å². The minimum Gasteiger partial charge on any atom is -0.290 e. The Morgan fingerprint density at radius 1 is 0.250 bits per heavy atom. The number of fused-ring (bicyclic) bond motifs is 20. The molecule has 0 N–H and O–H groups in total. The summed E-state index contributed by atoms with van der Waals surface area (Å²) in [6.45, 7) is 2.27. The number of nitrogens with zero attached hydrogens (tertiary/aromatic N) is 8. The van der Waals surface area contributed by atoms with Crippen molar-refractivity contribution in [3.8, 4) is 0 Å². The van der Waals surface area contributed by atoms with E-state index in [9.17, 15) is 19.2 Å². The largest absolute Gasteiger partial charge is 0.329 e. The number of imidazole rings is 4. The van der Waals surface area contributed by atoms with Gasteiger partial charge in [0.15, 0.2) is 0 Å². The van der Waals surface area contributed by atoms with Gasteiger partial charge in [-0.1, -0.05) is 48.5 Å². The standard InChI is InChI=1S/C36H32N8O4/c45-33-37-17-18-39-27-11-3-4-12-28(27)41(34(39)46)21-22-43-31-15-7-8-16-32(31)44(36(43)48)24-23-42-30-14-6-5-13-29(30)40(35(42)47)20-19-38(33)26-10-2-1-9-25(26)37/h1-16H,17-24H2. The van der Waals surface area contributed by atoms with E-state index in [4.69, 9.17) is 0 Å². The molecule has 4 aromatic carbocycles.